The number of nitrogens with one attached hydrogen (secondary N) is 1. The maximum Gasteiger partial charge on any atom is 0.104 e. The first-order valence-corrected chi connectivity index (χ1v) is 7.60. The minimum absolute atomic E-state index is 0.117. The molecule has 2 heterocycles. The maximum absolute atomic E-state index is 9.22. The van der Waals surface area contributed by atoms with Crippen molar-refractivity contribution in [2.75, 3.05) is 19.8 Å². The fourth-order valence-corrected chi connectivity index (χ4v) is 2.86. The van der Waals surface area contributed by atoms with E-state index in [-0.39, 0.29) is 13.2 Å². The molecular weight excluding hydrogens is 286 g/mol. The molecule has 0 bridgehead atoms. The largest absolute Gasteiger partial charge is 0.395 e. The molecule has 2 rings (SSSR count). The molecule has 0 saturated carbocycles. The number of nitrogens with zero attached hydrogens (tertiary/aromatic N) is 2. The van der Waals surface area contributed by atoms with Gasteiger partial charge in [-0.2, -0.15) is 0 Å². The van der Waals surface area contributed by atoms with Gasteiger partial charge in [0.15, 0.2) is 0 Å². The first-order chi connectivity index (χ1) is 10.2. The van der Waals surface area contributed by atoms with Crippen molar-refractivity contribution in [3.8, 4) is 11.8 Å². The fraction of sp³-hybridized carbons (Fsp3) is 0.400. The number of thiophene rings is 1. The minimum atomic E-state index is -0.125. The van der Waals surface area contributed by atoms with Crippen molar-refractivity contribution < 1.29 is 10.2 Å². The zero-order valence-electron chi connectivity index (χ0n) is 12.0. The molecule has 0 fully saturated rings. The quantitative estimate of drug-likeness (QED) is 0.699. The van der Waals surface area contributed by atoms with Gasteiger partial charge in [-0.15, -0.1) is 11.3 Å². The van der Waals surface area contributed by atoms with Crippen LogP contribution in [0.1, 0.15) is 21.8 Å². The molecule has 3 N–H and O–H groups in total. The van der Waals surface area contributed by atoms with Crippen molar-refractivity contribution in [3.63, 3.8) is 0 Å². The van der Waals surface area contributed by atoms with Crippen molar-refractivity contribution >= 4 is 11.3 Å². The molecule has 2 aromatic rings. The van der Waals surface area contributed by atoms with Gasteiger partial charge in [0.2, 0.25) is 0 Å². The Morgan fingerprint density at radius 3 is 2.90 bits per heavy atom. The molecule has 5 nitrogen and oxygen atoms in total. The van der Waals surface area contributed by atoms with E-state index in [0.29, 0.717) is 13.1 Å². The predicted molar refractivity (Wildman–Crippen MR) is 82.8 cm³/mol. The third-order valence-electron chi connectivity index (χ3n) is 3.07. The van der Waals surface area contributed by atoms with E-state index in [0.717, 1.165) is 23.5 Å². The number of H-pyrrole nitrogens is 1. The van der Waals surface area contributed by atoms with Crippen LogP contribution in [-0.4, -0.2) is 44.8 Å². The second-order valence-electron chi connectivity index (χ2n) is 4.67. The lowest BCUT2D eigenvalue weighted by molar-refractivity contribution is 0.184. The molecule has 0 aliphatic heterocycles. The van der Waals surface area contributed by atoms with Gasteiger partial charge >= 0.3 is 0 Å². The van der Waals surface area contributed by atoms with Gasteiger partial charge in [0.1, 0.15) is 6.61 Å². The summed E-state index contributed by atoms with van der Waals surface area (Å²) in [6.07, 6.45) is 1.69. The van der Waals surface area contributed by atoms with Crippen LogP contribution in [0.4, 0.5) is 0 Å². The molecule has 0 aromatic carbocycles. The van der Waals surface area contributed by atoms with Gasteiger partial charge in [-0.1, -0.05) is 11.8 Å². The Kier molecular flexibility index (Phi) is 5.96. The molecule has 0 radical (unpaired) electrons. The highest BCUT2D eigenvalue weighted by atomic mass is 32.1. The van der Waals surface area contributed by atoms with E-state index in [4.69, 9.17) is 5.11 Å². The number of hydrogen-bond acceptors (Lipinski definition) is 5. The summed E-state index contributed by atoms with van der Waals surface area (Å²) < 4.78 is 0. The number of aryl methyl sites for hydroxylation is 1. The van der Waals surface area contributed by atoms with Crippen LogP contribution in [0.2, 0.25) is 0 Å². The molecule has 0 atom stereocenters. The molecular formula is C15H19N3O2S. The second kappa shape index (κ2) is 7.96. The van der Waals surface area contributed by atoms with Gasteiger partial charge in [0, 0.05) is 41.1 Å². The van der Waals surface area contributed by atoms with E-state index in [1.54, 1.807) is 17.7 Å². The standard InChI is InChI=1S/C15H19N3O2S/c1-12-15(17-11-16-12)9-18(4-6-20)8-14-7-13(10-21-14)3-2-5-19/h7,10-11,19-20H,4-6,8-9H2,1H3,(H,16,17). The highest BCUT2D eigenvalue weighted by Gasteiger charge is 2.11. The van der Waals surface area contributed by atoms with Gasteiger partial charge in [0.25, 0.3) is 0 Å². The topological polar surface area (TPSA) is 72.4 Å². The van der Waals surface area contributed by atoms with Gasteiger partial charge in [-0.05, 0) is 13.0 Å². The molecule has 112 valence electrons. The maximum atomic E-state index is 9.22. The van der Waals surface area contributed by atoms with Gasteiger partial charge in [0.05, 0.1) is 18.6 Å². The van der Waals surface area contributed by atoms with E-state index in [2.05, 4.69) is 26.7 Å². The number of imidazole rings is 1. The molecule has 0 unspecified atom stereocenters. The van der Waals surface area contributed by atoms with Crippen molar-refractivity contribution in [2.24, 2.45) is 0 Å². The second-order valence-corrected chi connectivity index (χ2v) is 5.67. The summed E-state index contributed by atoms with van der Waals surface area (Å²) in [5.41, 5.74) is 2.97. The zero-order chi connectivity index (χ0) is 15.1. The number of aliphatic hydroxyl groups is 2. The average Bonchev–Trinajstić information content (AvgIpc) is 3.07. The number of aliphatic hydroxyl groups excluding tert-OH is 2. The molecule has 0 aliphatic carbocycles. The number of aromatic nitrogens is 2. The zero-order valence-corrected chi connectivity index (χ0v) is 12.8. The van der Waals surface area contributed by atoms with E-state index >= 15 is 0 Å². The van der Waals surface area contributed by atoms with Crippen molar-refractivity contribution in [3.05, 3.63) is 39.6 Å². The first kappa shape index (κ1) is 15.7. The summed E-state index contributed by atoms with van der Waals surface area (Å²) >= 11 is 1.64. The minimum Gasteiger partial charge on any atom is -0.395 e. The number of rotatable bonds is 6. The van der Waals surface area contributed by atoms with Crippen LogP contribution in [-0.2, 0) is 13.1 Å². The number of hydrogen-bond donors (Lipinski definition) is 3. The Labute approximate surface area is 128 Å². The third kappa shape index (κ3) is 4.69. The van der Waals surface area contributed by atoms with Crippen molar-refractivity contribution in [1.29, 1.82) is 0 Å². The smallest absolute Gasteiger partial charge is 0.104 e. The Balaban J connectivity index is 2.02. The van der Waals surface area contributed by atoms with Gasteiger partial charge in [-0.25, -0.2) is 4.98 Å². The predicted octanol–water partition coefficient (Wildman–Crippen LogP) is 1.12. The van der Waals surface area contributed by atoms with Gasteiger partial charge < -0.3 is 15.2 Å². The molecule has 6 heteroatoms. The summed E-state index contributed by atoms with van der Waals surface area (Å²) in [7, 11) is 0. The van der Waals surface area contributed by atoms with E-state index in [1.807, 2.05) is 18.4 Å². The van der Waals surface area contributed by atoms with Crippen molar-refractivity contribution in [2.45, 2.75) is 20.0 Å². The molecule has 0 spiro atoms. The molecule has 0 amide bonds. The van der Waals surface area contributed by atoms with E-state index < -0.39 is 0 Å². The Morgan fingerprint density at radius 1 is 1.38 bits per heavy atom. The molecule has 0 saturated heterocycles. The lowest BCUT2D eigenvalue weighted by Gasteiger charge is -2.19. The van der Waals surface area contributed by atoms with Crippen LogP contribution in [0.15, 0.2) is 17.8 Å². The average molecular weight is 305 g/mol. The van der Waals surface area contributed by atoms with E-state index in [9.17, 15) is 5.11 Å². The monoisotopic (exact) mass is 305 g/mol. The Hall–Kier alpha value is -1.65. The first-order valence-electron chi connectivity index (χ1n) is 6.72. The van der Waals surface area contributed by atoms with Crippen molar-refractivity contribution in [1.82, 2.24) is 14.9 Å². The van der Waals surface area contributed by atoms with Crippen LogP contribution >= 0.6 is 11.3 Å². The van der Waals surface area contributed by atoms with Crippen LogP contribution < -0.4 is 0 Å². The molecule has 0 aliphatic rings. The summed E-state index contributed by atoms with van der Waals surface area (Å²) in [5, 5.41) is 19.9. The summed E-state index contributed by atoms with van der Waals surface area (Å²) in [5.74, 6) is 5.54. The summed E-state index contributed by atoms with van der Waals surface area (Å²) in [4.78, 5) is 10.7. The Bertz CT molecular complexity index is 624. The molecule has 21 heavy (non-hydrogen) atoms. The summed E-state index contributed by atoms with van der Waals surface area (Å²) in [6, 6.07) is 2.02. The van der Waals surface area contributed by atoms with Crippen LogP contribution in [0.3, 0.4) is 0 Å². The van der Waals surface area contributed by atoms with Gasteiger partial charge in [-0.3, -0.25) is 4.90 Å². The fourth-order valence-electron chi connectivity index (χ4n) is 2.00. The third-order valence-corrected chi connectivity index (χ3v) is 3.99. The van der Waals surface area contributed by atoms with E-state index in [1.165, 1.54) is 4.88 Å². The van der Waals surface area contributed by atoms with Crippen LogP contribution in [0, 0.1) is 18.8 Å². The lowest BCUT2D eigenvalue weighted by atomic mass is 10.2. The highest BCUT2D eigenvalue weighted by Crippen LogP contribution is 2.17. The van der Waals surface area contributed by atoms with Crippen LogP contribution in [0.25, 0.3) is 0 Å². The number of aromatic amines is 1. The lowest BCUT2D eigenvalue weighted by Crippen LogP contribution is -2.26. The summed E-state index contributed by atoms with van der Waals surface area (Å²) in [6.45, 7) is 4.03. The van der Waals surface area contributed by atoms with Crippen LogP contribution in [0.5, 0.6) is 0 Å². The SMILES string of the molecule is Cc1[nH]cnc1CN(CCO)Cc1cc(C#CCO)cs1. The highest BCUT2D eigenvalue weighted by molar-refractivity contribution is 7.10. The Morgan fingerprint density at radius 2 is 2.24 bits per heavy atom. The normalized spacial score (nSPS) is 10.7. The molecule has 2 aromatic heterocycles.